The first-order valence-corrected chi connectivity index (χ1v) is 8.30. The highest BCUT2D eigenvalue weighted by molar-refractivity contribution is 5.97. The van der Waals surface area contributed by atoms with Crippen LogP contribution in [0.1, 0.15) is 22.8 Å². The Labute approximate surface area is 158 Å². The van der Waals surface area contributed by atoms with Crippen molar-refractivity contribution in [1.29, 1.82) is 0 Å². The zero-order valence-corrected chi connectivity index (χ0v) is 15.8. The van der Waals surface area contributed by atoms with Crippen LogP contribution in [0.15, 0.2) is 42.5 Å². The fraction of sp³-hybridized carbons (Fsp3) is 0.300. The first-order valence-electron chi connectivity index (χ1n) is 8.30. The van der Waals surface area contributed by atoms with Crippen LogP contribution in [-0.4, -0.2) is 39.3 Å². The van der Waals surface area contributed by atoms with Crippen LogP contribution in [0.5, 0.6) is 11.5 Å². The van der Waals surface area contributed by atoms with Gasteiger partial charge in [0.15, 0.2) is 17.6 Å². The molecule has 0 aliphatic carbocycles. The lowest BCUT2D eigenvalue weighted by Crippen LogP contribution is -2.30. The molecule has 0 saturated carbocycles. The average Bonchev–Trinajstić information content (AvgIpc) is 2.68. The maximum Gasteiger partial charge on any atom is 0.338 e. The largest absolute Gasteiger partial charge is 0.493 e. The summed E-state index contributed by atoms with van der Waals surface area (Å²) >= 11 is 0. The molecule has 2 rings (SSSR count). The number of benzene rings is 2. The van der Waals surface area contributed by atoms with E-state index in [9.17, 15) is 9.59 Å². The maximum atomic E-state index is 12.3. The predicted molar refractivity (Wildman–Crippen MR) is 100 cm³/mol. The Hall–Kier alpha value is -3.06. The number of nitrogens with one attached hydrogen (secondary N) is 1. The molecule has 0 radical (unpaired) electrons. The van der Waals surface area contributed by atoms with Crippen molar-refractivity contribution in [3.05, 3.63) is 53.6 Å². The lowest BCUT2D eigenvalue weighted by Gasteiger charge is -2.15. The third-order valence-corrected chi connectivity index (χ3v) is 3.78. The molecule has 0 spiro atoms. The Morgan fingerprint density at radius 3 is 2.41 bits per heavy atom. The molecule has 0 aliphatic rings. The molecule has 0 saturated heterocycles. The van der Waals surface area contributed by atoms with E-state index in [2.05, 4.69) is 5.32 Å². The zero-order valence-electron chi connectivity index (χ0n) is 15.8. The molecule has 0 fully saturated rings. The summed E-state index contributed by atoms with van der Waals surface area (Å²) in [4.78, 5) is 24.6. The molecule has 144 valence electrons. The molecule has 1 atom stereocenters. The first kappa shape index (κ1) is 20.3. The van der Waals surface area contributed by atoms with E-state index in [1.165, 1.54) is 21.1 Å². The summed E-state index contributed by atoms with van der Waals surface area (Å²) < 4.78 is 20.7. The highest BCUT2D eigenvalue weighted by atomic mass is 16.5. The van der Waals surface area contributed by atoms with E-state index < -0.39 is 18.0 Å². The minimum atomic E-state index is -0.975. The second-order valence-electron chi connectivity index (χ2n) is 5.74. The average molecular weight is 373 g/mol. The van der Waals surface area contributed by atoms with Crippen molar-refractivity contribution < 1.29 is 28.5 Å². The summed E-state index contributed by atoms with van der Waals surface area (Å²) in [5.74, 6) is -0.00708. The Morgan fingerprint density at radius 1 is 1.00 bits per heavy atom. The van der Waals surface area contributed by atoms with Gasteiger partial charge in [-0.15, -0.1) is 0 Å². The standard InChI is InChI=1S/C20H23NO6/c1-13(27-20(23)15-7-5-6-14(10-15)12-24-2)19(22)21-16-8-9-17(25-3)18(11-16)26-4/h5-11,13H,12H2,1-4H3,(H,21,22). The molecule has 7 nitrogen and oxygen atoms in total. The number of carbonyl (C=O) groups excluding carboxylic acids is 2. The van der Waals surface area contributed by atoms with E-state index in [1.807, 2.05) is 6.07 Å². The minimum Gasteiger partial charge on any atom is -0.493 e. The molecule has 27 heavy (non-hydrogen) atoms. The van der Waals surface area contributed by atoms with Crippen molar-refractivity contribution in [2.45, 2.75) is 19.6 Å². The van der Waals surface area contributed by atoms with Gasteiger partial charge in [-0.2, -0.15) is 0 Å². The fourth-order valence-corrected chi connectivity index (χ4v) is 2.39. The van der Waals surface area contributed by atoms with Crippen molar-refractivity contribution in [2.75, 3.05) is 26.6 Å². The van der Waals surface area contributed by atoms with Gasteiger partial charge in [0, 0.05) is 18.9 Å². The molecular formula is C20H23NO6. The lowest BCUT2D eigenvalue weighted by atomic mass is 10.1. The zero-order chi connectivity index (χ0) is 19.8. The van der Waals surface area contributed by atoms with Gasteiger partial charge < -0.3 is 24.3 Å². The van der Waals surface area contributed by atoms with Crippen LogP contribution >= 0.6 is 0 Å². The van der Waals surface area contributed by atoms with E-state index in [4.69, 9.17) is 18.9 Å². The molecule has 1 N–H and O–H groups in total. The Bertz CT molecular complexity index is 805. The number of hydrogen-bond acceptors (Lipinski definition) is 6. The van der Waals surface area contributed by atoms with Gasteiger partial charge in [0.2, 0.25) is 0 Å². The van der Waals surface area contributed by atoms with Gasteiger partial charge in [0.25, 0.3) is 5.91 Å². The van der Waals surface area contributed by atoms with Gasteiger partial charge in [-0.25, -0.2) is 4.79 Å². The van der Waals surface area contributed by atoms with Crippen molar-refractivity contribution >= 4 is 17.6 Å². The van der Waals surface area contributed by atoms with Crippen LogP contribution in [0.3, 0.4) is 0 Å². The van der Waals surface area contributed by atoms with Crippen LogP contribution in [0.2, 0.25) is 0 Å². The number of rotatable bonds is 8. The maximum absolute atomic E-state index is 12.3. The third-order valence-electron chi connectivity index (χ3n) is 3.78. The smallest absolute Gasteiger partial charge is 0.338 e. The van der Waals surface area contributed by atoms with Gasteiger partial charge >= 0.3 is 5.97 Å². The molecular weight excluding hydrogens is 350 g/mol. The summed E-state index contributed by atoms with van der Waals surface area (Å²) in [5.41, 5.74) is 1.70. The van der Waals surface area contributed by atoms with Crippen molar-refractivity contribution in [1.82, 2.24) is 0 Å². The molecule has 7 heteroatoms. The number of anilines is 1. The van der Waals surface area contributed by atoms with Crippen molar-refractivity contribution in [2.24, 2.45) is 0 Å². The van der Waals surface area contributed by atoms with Crippen molar-refractivity contribution in [3.8, 4) is 11.5 Å². The summed E-state index contributed by atoms with van der Waals surface area (Å²) in [6, 6.07) is 11.8. The minimum absolute atomic E-state index is 0.357. The topological polar surface area (TPSA) is 83.1 Å². The summed E-state index contributed by atoms with van der Waals surface area (Å²) in [6.07, 6.45) is -0.975. The second-order valence-corrected chi connectivity index (χ2v) is 5.74. The van der Waals surface area contributed by atoms with Crippen LogP contribution in [-0.2, 0) is 20.9 Å². The summed E-state index contributed by atoms with van der Waals surface area (Å²) in [6.45, 7) is 1.89. The number of ether oxygens (including phenoxy) is 4. The molecule has 2 aromatic rings. The number of hydrogen-bond donors (Lipinski definition) is 1. The molecule has 2 aromatic carbocycles. The van der Waals surface area contributed by atoms with Crippen LogP contribution in [0.4, 0.5) is 5.69 Å². The van der Waals surface area contributed by atoms with E-state index in [1.54, 1.807) is 43.5 Å². The van der Waals surface area contributed by atoms with Gasteiger partial charge in [-0.3, -0.25) is 4.79 Å². The fourth-order valence-electron chi connectivity index (χ4n) is 2.39. The van der Waals surface area contributed by atoms with E-state index >= 15 is 0 Å². The predicted octanol–water partition coefficient (Wildman–Crippen LogP) is 3.03. The van der Waals surface area contributed by atoms with E-state index in [0.29, 0.717) is 29.4 Å². The van der Waals surface area contributed by atoms with Crippen molar-refractivity contribution in [3.63, 3.8) is 0 Å². The number of amides is 1. The van der Waals surface area contributed by atoms with Gasteiger partial charge in [-0.1, -0.05) is 12.1 Å². The normalized spacial score (nSPS) is 11.4. The molecule has 0 bridgehead atoms. The Balaban J connectivity index is 2.01. The quantitative estimate of drug-likeness (QED) is 0.716. The van der Waals surface area contributed by atoms with Crippen LogP contribution < -0.4 is 14.8 Å². The SMILES string of the molecule is COCc1cccc(C(=O)OC(C)C(=O)Nc2ccc(OC)c(OC)c2)c1. The first-order chi connectivity index (χ1) is 13.0. The van der Waals surface area contributed by atoms with E-state index in [0.717, 1.165) is 5.56 Å². The van der Waals surface area contributed by atoms with Gasteiger partial charge in [0.05, 0.1) is 26.4 Å². The third kappa shape index (κ3) is 5.46. The monoisotopic (exact) mass is 373 g/mol. The van der Waals surface area contributed by atoms with E-state index in [-0.39, 0.29) is 0 Å². The molecule has 1 unspecified atom stereocenters. The van der Waals surface area contributed by atoms with Crippen LogP contribution in [0, 0.1) is 0 Å². The lowest BCUT2D eigenvalue weighted by molar-refractivity contribution is -0.123. The number of esters is 1. The Morgan fingerprint density at radius 2 is 1.74 bits per heavy atom. The van der Waals surface area contributed by atoms with Crippen LogP contribution in [0.25, 0.3) is 0 Å². The van der Waals surface area contributed by atoms with Gasteiger partial charge in [-0.05, 0) is 36.8 Å². The summed E-state index contributed by atoms with van der Waals surface area (Å²) in [7, 11) is 4.61. The second kappa shape index (κ2) is 9.59. The van der Waals surface area contributed by atoms with Gasteiger partial charge in [0.1, 0.15) is 0 Å². The molecule has 0 aliphatic heterocycles. The number of carbonyl (C=O) groups is 2. The highest BCUT2D eigenvalue weighted by Gasteiger charge is 2.20. The number of methoxy groups -OCH3 is 3. The molecule has 0 heterocycles. The highest BCUT2D eigenvalue weighted by Crippen LogP contribution is 2.29. The molecule has 1 amide bonds. The molecule has 0 aromatic heterocycles. The Kier molecular flexibility index (Phi) is 7.19. The summed E-state index contributed by atoms with van der Waals surface area (Å²) in [5, 5.41) is 2.68.